The number of hydrogen-bond acceptors (Lipinski definition) is 4. The number of hydrogen-bond donors (Lipinski definition) is 1. The quantitative estimate of drug-likeness (QED) is 0.874. The van der Waals surface area contributed by atoms with Crippen LogP contribution in [-0.4, -0.2) is 58.8 Å². The number of rotatable bonds is 3. The van der Waals surface area contributed by atoms with Gasteiger partial charge in [-0.3, -0.25) is 9.58 Å². The van der Waals surface area contributed by atoms with Gasteiger partial charge in [0.1, 0.15) is 0 Å². The van der Waals surface area contributed by atoms with Gasteiger partial charge in [0.25, 0.3) is 0 Å². The summed E-state index contributed by atoms with van der Waals surface area (Å²) in [4.78, 5) is 5.14. The lowest BCUT2D eigenvalue weighted by molar-refractivity contribution is 0.0811. The molecule has 0 spiro atoms. The van der Waals surface area contributed by atoms with Gasteiger partial charge in [-0.05, 0) is 50.9 Å². The maximum Gasteiger partial charge on any atom is 0.0923 e. The van der Waals surface area contributed by atoms with Crippen LogP contribution in [-0.2, 0) is 0 Å². The van der Waals surface area contributed by atoms with Crippen LogP contribution in [0, 0.1) is 0 Å². The Balaban J connectivity index is 1.36. The molecule has 0 unspecified atom stereocenters. The van der Waals surface area contributed by atoms with Gasteiger partial charge < -0.3 is 10.6 Å². The summed E-state index contributed by atoms with van der Waals surface area (Å²) in [5.74, 6) is 0. The third kappa shape index (κ3) is 3.72. The van der Waals surface area contributed by atoms with E-state index < -0.39 is 0 Å². The van der Waals surface area contributed by atoms with Crippen molar-refractivity contribution in [3.8, 4) is 11.3 Å². The molecule has 1 saturated heterocycles. The molecule has 4 rings (SSSR count). The fourth-order valence-corrected chi connectivity index (χ4v) is 4.22. The van der Waals surface area contributed by atoms with E-state index >= 15 is 0 Å². The molecule has 134 valence electrons. The molecule has 1 aliphatic heterocycles. The Morgan fingerprint density at radius 1 is 0.880 bits per heavy atom. The smallest absolute Gasteiger partial charge is 0.0923 e. The van der Waals surface area contributed by atoms with Crippen molar-refractivity contribution in [1.29, 1.82) is 0 Å². The number of aromatic nitrogens is 2. The van der Waals surface area contributed by atoms with E-state index in [1.54, 1.807) is 0 Å². The molecule has 5 nitrogen and oxygen atoms in total. The fourth-order valence-electron chi connectivity index (χ4n) is 4.22. The number of likely N-dealkylation sites (N-methyl/N-ethyl adjacent to an activating group) is 1. The predicted molar refractivity (Wildman–Crippen MR) is 102 cm³/mol. The summed E-state index contributed by atoms with van der Waals surface area (Å²) in [6.45, 7) is 4.89. The Morgan fingerprint density at radius 2 is 1.52 bits per heavy atom. The normalized spacial score (nSPS) is 26.0. The first-order chi connectivity index (χ1) is 12.2. The third-order valence-corrected chi connectivity index (χ3v) is 5.91. The van der Waals surface area contributed by atoms with E-state index in [0.29, 0.717) is 6.04 Å². The standard InChI is InChI=1S/C20H29N5/c1-23-12-14-24(15-13-23)18-6-8-19(9-7-18)25-11-10-20(22-25)16-2-4-17(21)5-3-16/h2-5,10-11,18-19H,6-9,12-15,21H2,1H3/t18-,19+. The van der Waals surface area contributed by atoms with Crippen molar-refractivity contribution in [1.82, 2.24) is 19.6 Å². The van der Waals surface area contributed by atoms with Gasteiger partial charge in [-0.1, -0.05) is 12.1 Å². The first kappa shape index (κ1) is 16.6. The molecule has 1 saturated carbocycles. The van der Waals surface area contributed by atoms with Crippen molar-refractivity contribution in [2.75, 3.05) is 39.0 Å². The number of anilines is 1. The van der Waals surface area contributed by atoms with Crippen LogP contribution in [0.25, 0.3) is 11.3 Å². The average molecular weight is 339 g/mol. The Hall–Kier alpha value is -1.85. The lowest BCUT2D eigenvalue weighted by atomic mass is 9.90. The van der Waals surface area contributed by atoms with Crippen molar-refractivity contribution in [3.63, 3.8) is 0 Å². The summed E-state index contributed by atoms with van der Waals surface area (Å²) in [6.07, 6.45) is 7.21. The lowest BCUT2D eigenvalue weighted by Gasteiger charge is -2.41. The van der Waals surface area contributed by atoms with Crippen LogP contribution >= 0.6 is 0 Å². The minimum Gasteiger partial charge on any atom is -0.399 e. The molecule has 0 atom stereocenters. The summed E-state index contributed by atoms with van der Waals surface area (Å²) in [5.41, 5.74) is 8.75. The monoisotopic (exact) mass is 339 g/mol. The molecule has 2 aliphatic rings. The van der Waals surface area contributed by atoms with Gasteiger partial charge in [0.2, 0.25) is 0 Å². The molecule has 5 heteroatoms. The average Bonchev–Trinajstić information content (AvgIpc) is 3.13. The SMILES string of the molecule is CN1CCN([C@H]2CC[C@@H](n3ccc(-c4ccc(N)cc4)n3)CC2)CC1. The van der Waals surface area contributed by atoms with Crippen LogP contribution in [0.15, 0.2) is 36.5 Å². The van der Waals surface area contributed by atoms with Gasteiger partial charge >= 0.3 is 0 Å². The molecule has 2 heterocycles. The first-order valence-corrected chi connectivity index (χ1v) is 9.53. The minimum absolute atomic E-state index is 0.547. The van der Waals surface area contributed by atoms with Gasteiger partial charge in [-0.2, -0.15) is 5.10 Å². The van der Waals surface area contributed by atoms with Crippen molar-refractivity contribution in [2.45, 2.75) is 37.8 Å². The van der Waals surface area contributed by atoms with E-state index in [0.717, 1.165) is 23.0 Å². The second kappa shape index (κ2) is 7.18. The number of nitrogen functional groups attached to an aromatic ring is 1. The molecule has 1 aromatic carbocycles. The molecule has 2 fully saturated rings. The van der Waals surface area contributed by atoms with E-state index in [4.69, 9.17) is 10.8 Å². The zero-order valence-corrected chi connectivity index (χ0v) is 15.1. The lowest BCUT2D eigenvalue weighted by Crippen LogP contribution is -2.49. The molecule has 0 radical (unpaired) electrons. The molecular formula is C20H29N5. The van der Waals surface area contributed by atoms with Crippen molar-refractivity contribution >= 4 is 5.69 Å². The van der Waals surface area contributed by atoms with Crippen molar-refractivity contribution < 1.29 is 0 Å². The molecule has 25 heavy (non-hydrogen) atoms. The maximum atomic E-state index is 5.78. The Labute approximate surface area is 150 Å². The Morgan fingerprint density at radius 3 is 2.20 bits per heavy atom. The van der Waals surface area contributed by atoms with Gasteiger partial charge in [-0.25, -0.2) is 0 Å². The van der Waals surface area contributed by atoms with Gasteiger partial charge in [0.05, 0.1) is 11.7 Å². The number of nitrogens with two attached hydrogens (primary N) is 1. The highest BCUT2D eigenvalue weighted by Crippen LogP contribution is 2.32. The molecule has 1 aliphatic carbocycles. The number of benzene rings is 1. The van der Waals surface area contributed by atoms with E-state index in [9.17, 15) is 0 Å². The summed E-state index contributed by atoms with van der Waals surface area (Å²) >= 11 is 0. The minimum atomic E-state index is 0.547. The van der Waals surface area contributed by atoms with Gasteiger partial charge in [-0.15, -0.1) is 0 Å². The molecular weight excluding hydrogens is 310 g/mol. The summed E-state index contributed by atoms with van der Waals surface area (Å²) in [7, 11) is 2.23. The fraction of sp³-hybridized carbons (Fsp3) is 0.550. The zero-order chi connectivity index (χ0) is 17.2. The molecule has 0 bridgehead atoms. The zero-order valence-electron chi connectivity index (χ0n) is 15.1. The highest BCUT2D eigenvalue weighted by Gasteiger charge is 2.28. The van der Waals surface area contributed by atoms with Crippen LogP contribution < -0.4 is 5.73 Å². The van der Waals surface area contributed by atoms with Crippen molar-refractivity contribution in [2.24, 2.45) is 0 Å². The van der Waals surface area contributed by atoms with Gasteiger partial charge in [0.15, 0.2) is 0 Å². The van der Waals surface area contributed by atoms with Crippen LogP contribution in [0.3, 0.4) is 0 Å². The van der Waals surface area contributed by atoms with E-state index in [1.165, 1.54) is 51.9 Å². The maximum absolute atomic E-state index is 5.78. The Kier molecular flexibility index (Phi) is 4.77. The number of piperazine rings is 1. The first-order valence-electron chi connectivity index (χ1n) is 9.53. The largest absolute Gasteiger partial charge is 0.399 e. The van der Waals surface area contributed by atoms with Crippen LogP contribution in [0.4, 0.5) is 5.69 Å². The van der Waals surface area contributed by atoms with Crippen molar-refractivity contribution in [3.05, 3.63) is 36.5 Å². The summed E-state index contributed by atoms with van der Waals surface area (Å²) in [6, 6.07) is 11.4. The van der Waals surface area contributed by atoms with E-state index in [-0.39, 0.29) is 0 Å². The molecule has 2 aromatic rings. The van der Waals surface area contributed by atoms with E-state index in [2.05, 4.69) is 33.8 Å². The van der Waals surface area contributed by atoms with Crippen LogP contribution in [0.5, 0.6) is 0 Å². The highest BCUT2D eigenvalue weighted by atomic mass is 15.3. The Bertz CT molecular complexity index is 676. The van der Waals surface area contributed by atoms with Crippen LogP contribution in [0.1, 0.15) is 31.7 Å². The molecule has 2 N–H and O–H groups in total. The summed E-state index contributed by atoms with van der Waals surface area (Å²) < 4.78 is 2.19. The molecule has 1 aromatic heterocycles. The third-order valence-electron chi connectivity index (χ3n) is 5.91. The second-order valence-electron chi connectivity index (χ2n) is 7.60. The van der Waals surface area contributed by atoms with E-state index in [1.807, 2.05) is 24.3 Å². The van der Waals surface area contributed by atoms with Crippen LogP contribution in [0.2, 0.25) is 0 Å². The van der Waals surface area contributed by atoms with Gasteiger partial charge in [0, 0.05) is 49.7 Å². The summed E-state index contributed by atoms with van der Waals surface area (Å²) in [5, 5.41) is 4.84. The number of nitrogens with zero attached hydrogens (tertiary/aromatic N) is 4. The predicted octanol–water partition coefficient (Wildman–Crippen LogP) is 2.86. The molecule has 0 amide bonds. The highest BCUT2D eigenvalue weighted by molar-refractivity contribution is 5.61. The topological polar surface area (TPSA) is 50.3 Å². The second-order valence-corrected chi connectivity index (χ2v) is 7.60.